The minimum absolute atomic E-state index is 0.332. The molecule has 2 heterocycles. The van der Waals surface area contributed by atoms with Gasteiger partial charge >= 0.3 is 5.97 Å². The number of aryl methyl sites for hydroxylation is 3. The number of carbonyl (C=O) groups is 1. The summed E-state index contributed by atoms with van der Waals surface area (Å²) in [6, 6.07) is 2.03. The zero-order valence-corrected chi connectivity index (χ0v) is 12.1. The van der Waals surface area contributed by atoms with Crippen LogP contribution < -0.4 is 0 Å². The van der Waals surface area contributed by atoms with E-state index in [1.165, 1.54) is 6.20 Å². The van der Waals surface area contributed by atoms with Gasteiger partial charge in [-0.3, -0.25) is 4.98 Å². The van der Waals surface area contributed by atoms with E-state index in [1.807, 2.05) is 19.9 Å². The van der Waals surface area contributed by atoms with E-state index in [0.717, 1.165) is 16.8 Å². The lowest BCUT2D eigenvalue weighted by molar-refractivity contribution is 0.0524. The van der Waals surface area contributed by atoms with E-state index in [2.05, 4.69) is 15.0 Å². The Hall–Kier alpha value is -2.30. The van der Waals surface area contributed by atoms with Crippen molar-refractivity contribution < 1.29 is 9.53 Å². The summed E-state index contributed by atoms with van der Waals surface area (Å²) in [6.07, 6.45) is 3.27. The van der Waals surface area contributed by atoms with Crippen molar-refractivity contribution in [3.63, 3.8) is 0 Å². The summed E-state index contributed by atoms with van der Waals surface area (Å²) in [5, 5.41) is 0. The zero-order chi connectivity index (χ0) is 14.7. The van der Waals surface area contributed by atoms with Crippen molar-refractivity contribution in [1.29, 1.82) is 0 Å². The van der Waals surface area contributed by atoms with E-state index in [4.69, 9.17) is 4.74 Å². The Kier molecular flexibility index (Phi) is 4.08. The van der Waals surface area contributed by atoms with Crippen LogP contribution in [0.2, 0.25) is 0 Å². The molecule has 0 N–H and O–H groups in total. The molecule has 0 bridgehead atoms. The molecule has 0 aliphatic heterocycles. The van der Waals surface area contributed by atoms with E-state index in [-0.39, 0.29) is 0 Å². The monoisotopic (exact) mass is 271 g/mol. The van der Waals surface area contributed by atoms with Crippen LogP contribution in [0.25, 0.3) is 11.5 Å². The van der Waals surface area contributed by atoms with Gasteiger partial charge in [-0.1, -0.05) is 6.07 Å². The molecule has 0 amide bonds. The molecule has 0 aromatic carbocycles. The predicted molar refractivity (Wildman–Crippen MR) is 75.4 cm³/mol. The van der Waals surface area contributed by atoms with Crippen molar-refractivity contribution in [3.05, 3.63) is 40.8 Å². The first-order chi connectivity index (χ1) is 9.52. The maximum atomic E-state index is 11.7. The van der Waals surface area contributed by atoms with Crippen LogP contribution in [0.1, 0.15) is 34.1 Å². The maximum absolute atomic E-state index is 11.7. The molecule has 5 nitrogen and oxygen atoms in total. The van der Waals surface area contributed by atoms with Gasteiger partial charge in [-0.05, 0) is 38.8 Å². The Balaban J connectivity index is 2.40. The van der Waals surface area contributed by atoms with Crippen molar-refractivity contribution in [2.45, 2.75) is 27.7 Å². The fourth-order valence-electron chi connectivity index (χ4n) is 1.94. The number of aromatic nitrogens is 3. The molecule has 0 saturated heterocycles. The summed E-state index contributed by atoms with van der Waals surface area (Å²) >= 11 is 0. The number of nitrogens with zero attached hydrogens (tertiary/aromatic N) is 3. The third-order valence-corrected chi connectivity index (χ3v) is 2.90. The smallest absolute Gasteiger partial charge is 0.341 e. The summed E-state index contributed by atoms with van der Waals surface area (Å²) in [4.78, 5) is 24.7. The lowest BCUT2D eigenvalue weighted by Crippen LogP contribution is -2.09. The molecule has 104 valence electrons. The molecule has 0 aliphatic carbocycles. The van der Waals surface area contributed by atoms with E-state index in [9.17, 15) is 4.79 Å². The molecule has 0 aliphatic rings. The minimum Gasteiger partial charge on any atom is -0.462 e. The Bertz CT molecular complexity index is 654. The SMILES string of the molecule is CCOC(=O)c1cnc(-c2ncc(C)cc2C)nc1C. The van der Waals surface area contributed by atoms with Gasteiger partial charge < -0.3 is 4.74 Å². The standard InChI is InChI=1S/C15H17N3O2/c1-5-20-15(19)12-8-17-14(18-11(12)4)13-10(3)6-9(2)7-16-13/h6-8H,5H2,1-4H3. The zero-order valence-electron chi connectivity index (χ0n) is 12.1. The Labute approximate surface area is 118 Å². The summed E-state index contributed by atoms with van der Waals surface area (Å²) in [5.41, 5.74) is 3.81. The van der Waals surface area contributed by atoms with E-state index < -0.39 is 5.97 Å². The molecule has 0 fully saturated rings. The topological polar surface area (TPSA) is 65.0 Å². The van der Waals surface area contributed by atoms with Gasteiger partial charge in [-0.25, -0.2) is 14.8 Å². The molecule has 0 unspecified atom stereocenters. The van der Waals surface area contributed by atoms with Gasteiger partial charge in [0.25, 0.3) is 0 Å². The number of pyridine rings is 1. The van der Waals surface area contributed by atoms with Crippen LogP contribution >= 0.6 is 0 Å². The Morgan fingerprint density at radius 1 is 1.20 bits per heavy atom. The molecule has 2 rings (SSSR count). The second-order valence-electron chi connectivity index (χ2n) is 4.59. The highest BCUT2D eigenvalue weighted by atomic mass is 16.5. The van der Waals surface area contributed by atoms with Crippen LogP contribution in [0.4, 0.5) is 0 Å². The fourth-order valence-corrected chi connectivity index (χ4v) is 1.94. The second-order valence-corrected chi connectivity index (χ2v) is 4.59. The molecule has 2 aromatic heterocycles. The fraction of sp³-hybridized carbons (Fsp3) is 0.333. The molecule has 0 spiro atoms. The second kappa shape index (κ2) is 5.77. The number of hydrogen-bond donors (Lipinski definition) is 0. The highest BCUT2D eigenvalue weighted by Gasteiger charge is 2.14. The largest absolute Gasteiger partial charge is 0.462 e. The van der Waals surface area contributed by atoms with Gasteiger partial charge in [0.05, 0.1) is 17.9 Å². The van der Waals surface area contributed by atoms with Gasteiger partial charge in [-0.2, -0.15) is 0 Å². The maximum Gasteiger partial charge on any atom is 0.341 e. The Morgan fingerprint density at radius 3 is 2.55 bits per heavy atom. The first-order valence-electron chi connectivity index (χ1n) is 6.47. The molecule has 20 heavy (non-hydrogen) atoms. The average Bonchev–Trinajstić information content (AvgIpc) is 2.38. The van der Waals surface area contributed by atoms with Crippen molar-refractivity contribution in [1.82, 2.24) is 15.0 Å². The van der Waals surface area contributed by atoms with Crippen LogP contribution in [0.3, 0.4) is 0 Å². The summed E-state index contributed by atoms with van der Waals surface area (Å²) in [5.74, 6) is 0.123. The van der Waals surface area contributed by atoms with Crippen molar-refractivity contribution in [2.24, 2.45) is 0 Å². The number of carbonyl (C=O) groups excluding carboxylic acids is 1. The summed E-state index contributed by atoms with van der Waals surface area (Å²) < 4.78 is 4.96. The third kappa shape index (κ3) is 2.82. The van der Waals surface area contributed by atoms with E-state index in [0.29, 0.717) is 23.7 Å². The van der Waals surface area contributed by atoms with Gasteiger partial charge in [0.2, 0.25) is 0 Å². The van der Waals surface area contributed by atoms with E-state index >= 15 is 0 Å². The van der Waals surface area contributed by atoms with Crippen LogP contribution in [-0.4, -0.2) is 27.5 Å². The number of ether oxygens (including phenoxy) is 1. The molecular weight excluding hydrogens is 254 g/mol. The number of esters is 1. The molecular formula is C15H17N3O2. The van der Waals surface area contributed by atoms with Gasteiger partial charge in [0.1, 0.15) is 5.69 Å². The number of rotatable bonds is 3. The highest BCUT2D eigenvalue weighted by molar-refractivity contribution is 5.90. The Morgan fingerprint density at radius 2 is 1.95 bits per heavy atom. The molecule has 5 heteroatoms. The van der Waals surface area contributed by atoms with Gasteiger partial charge in [0.15, 0.2) is 5.82 Å². The first-order valence-corrected chi connectivity index (χ1v) is 6.47. The minimum atomic E-state index is -0.398. The van der Waals surface area contributed by atoms with Crippen molar-refractivity contribution >= 4 is 5.97 Å². The number of hydrogen-bond acceptors (Lipinski definition) is 5. The normalized spacial score (nSPS) is 10.4. The molecule has 2 aromatic rings. The van der Waals surface area contributed by atoms with Crippen LogP contribution in [0.5, 0.6) is 0 Å². The lowest BCUT2D eigenvalue weighted by atomic mass is 10.1. The van der Waals surface area contributed by atoms with Crippen LogP contribution in [0, 0.1) is 20.8 Å². The first kappa shape index (κ1) is 14.1. The highest BCUT2D eigenvalue weighted by Crippen LogP contribution is 2.19. The third-order valence-electron chi connectivity index (χ3n) is 2.90. The molecule has 0 atom stereocenters. The average molecular weight is 271 g/mol. The summed E-state index contributed by atoms with van der Waals surface area (Å²) in [7, 11) is 0. The van der Waals surface area contributed by atoms with Gasteiger partial charge in [-0.15, -0.1) is 0 Å². The molecule has 0 radical (unpaired) electrons. The summed E-state index contributed by atoms with van der Waals surface area (Å²) in [6.45, 7) is 7.81. The van der Waals surface area contributed by atoms with Crippen LogP contribution in [-0.2, 0) is 4.74 Å². The quantitative estimate of drug-likeness (QED) is 0.803. The predicted octanol–water partition coefficient (Wildman–Crippen LogP) is 2.64. The van der Waals surface area contributed by atoms with Crippen molar-refractivity contribution in [2.75, 3.05) is 6.61 Å². The van der Waals surface area contributed by atoms with Crippen molar-refractivity contribution in [3.8, 4) is 11.5 Å². The lowest BCUT2D eigenvalue weighted by Gasteiger charge is -2.08. The molecule has 0 saturated carbocycles. The van der Waals surface area contributed by atoms with Crippen LogP contribution in [0.15, 0.2) is 18.5 Å². The van der Waals surface area contributed by atoms with E-state index in [1.54, 1.807) is 20.0 Å². The van der Waals surface area contributed by atoms with Gasteiger partial charge in [0, 0.05) is 12.4 Å².